The Morgan fingerprint density at radius 1 is 1.30 bits per heavy atom. The monoisotopic (exact) mass is 327 g/mol. The van der Waals surface area contributed by atoms with Crippen molar-refractivity contribution < 1.29 is 24.2 Å². The molecule has 1 atom stereocenters. The van der Waals surface area contributed by atoms with Gasteiger partial charge in [-0.25, -0.2) is 0 Å². The van der Waals surface area contributed by atoms with Crippen LogP contribution in [-0.4, -0.2) is 95.6 Å². The van der Waals surface area contributed by atoms with Crippen molar-refractivity contribution in [2.75, 3.05) is 45.9 Å². The molecule has 0 unspecified atom stereocenters. The van der Waals surface area contributed by atoms with E-state index in [1.54, 1.807) is 0 Å². The number of amides is 2. The van der Waals surface area contributed by atoms with Gasteiger partial charge in [0.05, 0.1) is 25.7 Å². The summed E-state index contributed by atoms with van der Waals surface area (Å²) in [6.45, 7) is 6.71. The first-order valence-corrected chi connectivity index (χ1v) is 7.99. The number of hydrogen-bond acceptors (Lipinski definition) is 5. The number of carboxylic acids is 1. The van der Waals surface area contributed by atoms with E-state index in [4.69, 9.17) is 9.84 Å². The van der Waals surface area contributed by atoms with Gasteiger partial charge in [0.25, 0.3) is 0 Å². The van der Waals surface area contributed by atoms with E-state index in [9.17, 15) is 14.4 Å². The van der Waals surface area contributed by atoms with Crippen LogP contribution in [0, 0.1) is 0 Å². The SMILES string of the molecule is CC(C)N1CCO[C@@H](CC(=O)N2CCN(CC(=O)O)C(=O)C2)C1. The third-order valence-corrected chi connectivity index (χ3v) is 4.30. The van der Waals surface area contributed by atoms with E-state index in [1.165, 1.54) is 9.80 Å². The molecule has 2 aliphatic heterocycles. The summed E-state index contributed by atoms with van der Waals surface area (Å²) in [6, 6.07) is 0.414. The van der Waals surface area contributed by atoms with Gasteiger partial charge >= 0.3 is 5.97 Å². The van der Waals surface area contributed by atoms with Crippen LogP contribution in [0.1, 0.15) is 20.3 Å². The summed E-state index contributed by atoms with van der Waals surface area (Å²) in [6.07, 6.45) is 0.112. The maximum atomic E-state index is 12.4. The summed E-state index contributed by atoms with van der Waals surface area (Å²) >= 11 is 0. The van der Waals surface area contributed by atoms with Gasteiger partial charge in [-0.1, -0.05) is 0 Å². The standard InChI is InChI=1S/C15H25N3O5/c1-11(2)16-5-6-23-12(8-16)7-13(19)17-3-4-18(10-15(21)22)14(20)9-17/h11-12H,3-10H2,1-2H3,(H,21,22)/t12-/m0/s1. The summed E-state index contributed by atoms with van der Waals surface area (Å²) in [5.74, 6) is -1.47. The molecule has 2 amide bonds. The van der Waals surface area contributed by atoms with Crippen molar-refractivity contribution in [1.29, 1.82) is 0 Å². The lowest BCUT2D eigenvalue weighted by molar-refractivity contribution is -0.151. The normalized spacial score (nSPS) is 23.4. The maximum Gasteiger partial charge on any atom is 0.323 e. The van der Waals surface area contributed by atoms with Gasteiger partial charge in [0, 0.05) is 32.2 Å². The second kappa shape index (κ2) is 7.74. The lowest BCUT2D eigenvalue weighted by Crippen LogP contribution is -2.54. The number of nitrogens with zero attached hydrogens (tertiary/aromatic N) is 3. The Labute approximate surface area is 136 Å². The van der Waals surface area contributed by atoms with Crippen LogP contribution in [0.25, 0.3) is 0 Å². The number of aliphatic carboxylic acids is 1. The molecule has 130 valence electrons. The summed E-state index contributed by atoms with van der Waals surface area (Å²) in [4.78, 5) is 40.0. The number of piperazine rings is 1. The topological polar surface area (TPSA) is 90.4 Å². The first kappa shape index (κ1) is 17.7. The Balaban J connectivity index is 1.82. The third kappa shape index (κ3) is 4.90. The maximum absolute atomic E-state index is 12.4. The zero-order valence-electron chi connectivity index (χ0n) is 13.7. The van der Waals surface area contributed by atoms with Crippen LogP contribution < -0.4 is 0 Å². The predicted molar refractivity (Wildman–Crippen MR) is 81.9 cm³/mol. The van der Waals surface area contributed by atoms with E-state index in [0.29, 0.717) is 19.2 Å². The fourth-order valence-corrected chi connectivity index (χ4v) is 2.91. The van der Waals surface area contributed by atoms with Crippen molar-refractivity contribution in [3.63, 3.8) is 0 Å². The molecule has 2 rings (SSSR count). The Morgan fingerprint density at radius 3 is 2.65 bits per heavy atom. The smallest absolute Gasteiger partial charge is 0.323 e. The summed E-state index contributed by atoms with van der Waals surface area (Å²) in [5.41, 5.74) is 0. The Kier molecular flexibility index (Phi) is 5.95. The lowest BCUT2D eigenvalue weighted by Gasteiger charge is -2.37. The van der Waals surface area contributed by atoms with Crippen LogP contribution in [0.4, 0.5) is 0 Å². The van der Waals surface area contributed by atoms with Crippen molar-refractivity contribution in [3.05, 3.63) is 0 Å². The molecule has 2 saturated heterocycles. The molecule has 0 aromatic carbocycles. The van der Waals surface area contributed by atoms with Gasteiger partial charge in [0.15, 0.2) is 0 Å². The van der Waals surface area contributed by atoms with Crippen molar-refractivity contribution in [1.82, 2.24) is 14.7 Å². The van der Waals surface area contributed by atoms with Gasteiger partial charge < -0.3 is 19.6 Å². The molecule has 23 heavy (non-hydrogen) atoms. The molecule has 0 aliphatic carbocycles. The molecular weight excluding hydrogens is 302 g/mol. The van der Waals surface area contributed by atoms with Crippen LogP contribution in [0.15, 0.2) is 0 Å². The quantitative estimate of drug-likeness (QED) is 0.714. The molecule has 2 fully saturated rings. The molecular formula is C15H25N3O5. The lowest BCUT2D eigenvalue weighted by atomic mass is 10.1. The first-order chi connectivity index (χ1) is 10.9. The Morgan fingerprint density at radius 2 is 2.04 bits per heavy atom. The van der Waals surface area contributed by atoms with Crippen LogP contribution in [0.5, 0.6) is 0 Å². The molecule has 0 spiro atoms. The zero-order chi connectivity index (χ0) is 17.0. The minimum atomic E-state index is -1.04. The predicted octanol–water partition coefficient (Wildman–Crippen LogP) is -0.759. The molecule has 2 aliphatic rings. The van der Waals surface area contributed by atoms with E-state index >= 15 is 0 Å². The number of carbonyl (C=O) groups is 3. The van der Waals surface area contributed by atoms with E-state index in [2.05, 4.69) is 18.7 Å². The minimum Gasteiger partial charge on any atom is -0.480 e. The number of carbonyl (C=O) groups excluding carboxylic acids is 2. The number of carboxylic acid groups (broad SMARTS) is 1. The fraction of sp³-hybridized carbons (Fsp3) is 0.800. The molecule has 0 radical (unpaired) electrons. The molecule has 2 heterocycles. The van der Waals surface area contributed by atoms with E-state index in [1.807, 2.05) is 0 Å². The highest BCUT2D eigenvalue weighted by molar-refractivity contribution is 5.88. The summed E-state index contributed by atoms with van der Waals surface area (Å²) < 4.78 is 5.66. The molecule has 0 aromatic heterocycles. The van der Waals surface area contributed by atoms with E-state index in [-0.39, 0.29) is 44.0 Å². The average Bonchev–Trinajstić information content (AvgIpc) is 2.49. The van der Waals surface area contributed by atoms with Crippen molar-refractivity contribution in [2.24, 2.45) is 0 Å². The highest BCUT2D eigenvalue weighted by Crippen LogP contribution is 2.14. The van der Waals surface area contributed by atoms with Crippen LogP contribution >= 0.6 is 0 Å². The molecule has 0 bridgehead atoms. The number of ether oxygens (including phenoxy) is 1. The van der Waals surface area contributed by atoms with Crippen molar-refractivity contribution in [3.8, 4) is 0 Å². The summed E-state index contributed by atoms with van der Waals surface area (Å²) in [5, 5.41) is 8.75. The highest BCUT2D eigenvalue weighted by atomic mass is 16.5. The third-order valence-electron chi connectivity index (χ3n) is 4.30. The van der Waals surface area contributed by atoms with Crippen LogP contribution in [-0.2, 0) is 19.1 Å². The second-order valence-electron chi connectivity index (χ2n) is 6.31. The average molecular weight is 327 g/mol. The van der Waals surface area contributed by atoms with Gasteiger partial charge in [-0.2, -0.15) is 0 Å². The molecule has 1 N–H and O–H groups in total. The second-order valence-corrected chi connectivity index (χ2v) is 6.31. The van der Waals surface area contributed by atoms with Crippen LogP contribution in [0.2, 0.25) is 0 Å². The number of rotatable bonds is 5. The molecule has 8 heteroatoms. The van der Waals surface area contributed by atoms with E-state index in [0.717, 1.165) is 13.1 Å². The van der Waals surface area contributed by atoms with Gasteiger partial charge in [-0.15, -0.1) is 0 Å². The fourth-order valence-electron chi connectivity index (χ4n) is 2.91. The molecule has 0 saturated carbocycles. The number of morpholine rings is 1. The minimum absolute atomic E-state index is 0.0489. The Hall–Kier alpha value is -1.67. The van der Waals surface area contributed by atoms with Gasteiger partial charge in [0.2, 0.25) is 11.8 Å². The first-order valence-electron chi connectivity index (χ1n) is 7.99. The van der Waals surface area contributed by atoms with Crippen LogP contribution in [0.3, 0.4) is 0 Å². The molecule has 8 nitrogen and oxygen atoms in total. The summed E-state index contributed by atoms with van der Waals surface area (Å²) in [7, 11) is 0. The van der Waals surface area contributed by atoms with Crippen molar-refractivity contribution >= 4 is 17.8 Å². The largest absolute Gasteiger partial charge is 0.480 e. The molecule has 0 aromatic rings. The van der Waals surface area contributed by atoms with Gasteiger partial charge in [0.1, 0.15) is 6.54 Å². The van der Waals surface area contributed by atoms with Gasteiger partial charge in [-0.05, 0) is 13.8 Å². The van der Waals surface area contributed by atoms with E-state index < -0.39 is 5.97 Å². The van der Waals surface area contributed by atoms with Gasteiger partial charge in [-0.3, -0.25) is 19.3 Å². The number of hydrogen-bond donors (Lipinski definition) is 1. The zero-order valence-corrected chi connectivity index (χ0v) is 13.7. The van der Waals surface area contributed by atoms with Crippen molar-refractivity contribution in [2.45, 2.75) is 32.4 Å². The highest BCUT2D eigenvalue weighted by Gasteiger charge is 2.31. The Bertz CT molecular complexity index is 468.